The maximum absolute atomic E-state index is 12.7. The molecule has 1 amide bonds. The quantitative estimate of drug-likeness (QED) is 0.690. The summed E-state index contributed by atoms with van der Waals surface area (Å²) < 4.78 is 24.3. The van der Waals surface area contributed by atoms with Crippen LogP contribution in [0.25, 0.3) is 0 Å². The lowest BCUT2D eigenvalue weighted by Crippen LogP contribution is -2.34. The van der Waals surface area contributed by atoms with Crippen molar-refractivity contribution in [2.45, 2.75) is 22.1 Å². The minimum absolute atomic E-state index is 0.125. The van der Waals surface area contributed by atoms with Crippen molar-refractivity contribution in [3.8, 4) is 0 Å². The molecule has 0 saturated carbocycles. The highest BCUT2D eigenvalue weighted by Crippen LogP contribution is 2.26. The summed E-state index contributed by atoms with van der Waals surface area (Å²) >= 11 is 3.22. The fraction of sp³-hybridized carbons (Fsp3) is 0.421. The highest BCUT2D eigenvalue weighted by Gasteiger charge is 2.21. The van der Waals surface area contributed by atoms with Gasteiger partial charge in [0.15, 0.2) is 9.84 Å². The maximum Gasteiger partial charge on any atom is 0.264 e. The van der Waals surface area contributed by atoms with Crippen molar-refractivity contribution in [3.05, 3.63) is 46.8 Å². The molecule has 3 rings (SSSR count). The van der Waals surface area contributed by atoms with E-state index in [-0.39, 0.29) is 5.91 Å². The van der Waals surface area contributed by atoms with Crippen LogP contribution in [0, 0.1) is 0 Å². The number of carbonyl (C=O) groups excluding carboxylic acids is 1. The zero-order valence-corrected chi connectivity index (χ0v) is 18.0. The van der Waals surface area contributed by atoms with Gasteiger partial charge in [0.1, 0.15) is 0 Å². The Labute approximate surface area is 169 Å². The van der Waals surface area contributed by atoms with Gasteiger partial charge < -0.3 is 4.90 Å². The van der Waals surface area contributed by atoms with Crippen LogP contribution in [0.1, 0.15) is 21.7 Å². The third-order valence-corrected chi connectivity index (χ3v) is 7.91. The summed E-state index contributed by atoms with van der Waals surface area (Å²) in [6.07, 6.45) is 4.18. The number of nitrogens with zero attached hydrogens (tertiary/aromatic N) is 2. The molecule has 0 atom stereocenters. The number of hydrogen-bond donors (Lipinski definition) is 0. The van der Waals surface area contributed by atoms with Crippen molar-refractivity contribution in [2.24, 2.45) is 0 Å². The Morgan fingerprint density at radius 3 is 2.44 bits per heavy atom. The van der Waals surface area contributed by atoms with Gasteiger partial charge in [0.2, 0.25) is 0 Å². The molecule has 1 aliphatic heterocycles. The SMILES string of the molecule is CSc1ccc(C(=O)N2CCCN(Cc3ccc(S(C)(=O)=O)cc3)CC2)s1. The predicted octanol–water partition coefficient (Wildman–Crippen LogP) is 3.22. The van der Waals surface area contributed by atoms with E-state index < -0.39 is 9.84 Å². The second kappa shape index (κ2) is 8.77. The number of hydrogen-bond acceptors (Lipinski definition) is 6. The van der Waals surface area contributed by atoms with Gasteiger partial charge in [0, 0.05) is 39.0 Å². The van der Waals surface area contributed by atoms with E-state index in [1.807, 2.05) is 35.4 Å². The molecule has 0 radical (unpaired) electrons. The molecule has 146 valence electrons. The van der Waals surface area contributed by atoms with Crippen LogP contribution in [-0.2, 0) is 16.4 Å². The summed E-state index contributed by atoms with van der Waals surface area (Å²) in [5.41, 5.74) is 1.09. The minimum Gasteiger partial charge on any atom is -0.337 e. The van der Waals surface area contributed by atoms with Gasteiger partial charge in [-0.15, -0.1) is 23.1 Å². The molecule has 0 unspecified atom stereocenters. The van der Waals surface area contributed by atoms with Crippen LogP contribution < -0.4 is 0 Å². The molecule has 1 aromatic heterocycles. The van der Waals surface area contributed by atoms with Crippen LogP contribution in [-0.4, -0.2) is 62.8 Å². The van der Waals surface area contributed by atoms with Crippen LogP contribution in [0.3, 0.4) is 0 Å². The Bertz CT molecular complexity index is 891. The fourth-order valence-electron chi connectivity index (χ4n) is 3.13. The summed E-state index contributed by atoms with van der Waals surface area (Å²) in [5.74, 6) is 0.125. The number of carbonyl (C=O) groups is 1. The number of benzene rings is 1. The molecule has 0 aliphatic carbocycles. The van der Waals surface area contributed by atoms with Gasteiger partial charge in [-0.05, 0) is 42.5 Å². The standard InChI is InChI=1S/C19H24N2O3S3/c1-25-18-9-8-17(26-18)19(22)21-11-3-10-20(12-13-21)14-15-4-6-16(7-5-15)27(2,23)24/h4-9H,3,10-14H2,1-2H3. The summed E-state index contributed by atoms with van der Waals surface area (Å²) in [5, 5.41) is 0. The van der Waals surface area contributed by atoms with Gasteiger partial charge in [-0.25, -0.2) is 8.42 Å². The first-order valence-electron chi connectivity index (χ1n) is 8.81. The monoisotopic (exact) mass is 424 g/mol. The third kappa shape index (κ3) is 5.34. The van der Waals surface area contributed by atoms with Gasteiger partial charge >= 0.3 is 0 Å². The van der Waals surface area contributed by atoms with E-state index in [0.717, 1.165) is 47.2 Å². The molecule has 0 bridgehead atoms. The highest BCUT2D eigenvalue weighted by molar-refractivity contribution is 8.00. The number of thioether (sulfide) groups is 1. The number of rotatable bonds is 5. The van der Waals surface area contributed by atoms with Crippen LogP contribution in [0.4, 0.5) is 0 Å². The van der Waals surface area contributed by atoms with Crippen molar-refractivity contribution >= 4 is 38.8 Å². The second-order valence-electron chi connectivity index (χ2n) is 6.66. The van der Waals surface area contributed by atoms with E-state index in [4.69, 9.17) is 0 Å². The normalized spacial score (nSPS) is 16.3. The molecule has 1 aliphatic rings. The topological polar surface area (TPSA) is 57.7 Å². The smallest absolute Gasteiger partial charge is 0.264 e. The summed E-state index contributed by atoms with van der Waals surface area (Å²) in [6.45, 7) is 4.00. The first kappa shape index (κ1) is 20.4. The lowest BCUT2D eigenvalue weighted by atomic mass is 10.2. The Balaban J connectivity index is 1.59. The number of thiophene rings is 1. The molecule has 5 nitrogen and oxygen atoms in total. The van der Waals surface area contributed by atoms with Crippen molar-refractivity contribution in [1.82, 2.24) is 9.80 Å². The summed E-state index contributed by atoms with van der Waals surface area (Å²) in [7, 11) is -3.16. The Morgan fingerprint density at radius 1 is 1.07 bits per heavy atom. The fourth-order valence-corrected chi connectivity index (χ4v) is 5.28. The van der Waals surface area contributed by atoms with Crippen molar-refractivity contribution in [3.63, 3.8) is 0 Å². The molecule has 0 N–H and O–H groups in total. The molecule has 8 heteroatoms. The molecule has 27 heavy (non-hydrogen) atoms. The summed E-state index contributed by atoms with van der Waals surface area (Å²) in [6, 6.07) is 11.0. The van der Waals surface area contributed by atoms with Crippen molar-refractivity contribution in [2.75, 3.05) is 38.7 Å². The average Bonchev–Trinajstić information content (AvgIpc) is 3.01. The van der Waals surface area contributed by atoms with Gasteiger partial charge in [0.25, 0.3) is 5.91 Å². The van der Waals surface area contributed by atoms with E-state index in [1.54, 1.807) is 35.2 Å². The first-order chi connectivity index (χ1) is 12.9. The van der Waals surface area contributed by atoms with Gasteiger partial charge in [-0.3, -0.25) is 9.69 Å². The van der Waals surface area contributed by atoms with E-state index >= 15 is 0 Å². The van der Waals surface area contributed by atoms with Gasteiger partial charge in [-0.2, -0.15) is 0 Å². The summed E-state index contributed by atoms with van der Waals surface area (Å²) in [4.78, 5) is 18.2. The highest BCUT2D eigenvalue weighted by atomic mass is 32.2. The molecule has 1 saturated heterocycles. The van der Waals surface area contributed by atoms with E-state index in [9.17, 15) is 13.2 Å². The largest absolute Gasteiger partial charge is 0.337 e. The van der Waals surface area contributed by atoms with Crippen LogP contribution in [0.2, 0.25) is 0 Å². The van der Waals surface area contributed by atoms with E-state index in [2.05, 4.69) is 4.90 Å². The van der Waals surface area contributed by atoms with Crippen LogP contribution in [0.15, 0.2) is 45.5 Å². The van der Waals surface area contributed by atoms with Crippen molar-refractivity contribution < 1.29 is 13.2 Å². The molecular weight excluding hydrogens is 400 g/mol. The molecule has 2 heterocycles. The first-order valence-corrected chi connectivity index (χ1v) is 12.7. The Kier molecular flexibility index (Phi) is 6.62. The number of amides is 1. The van der Waals surface area contributed by atoms with Gasteiger partial charge in [0.05, 0.1) is 14.0 Å². The average molecular weight is 425 g/mol. The third-order valence-electron chi connectivity index (χ3n) is 4.63. The van der Waals surface area contributed by atoms with Gasteiger partial charge in [-0.1, -0.05) is 12.1 Å². The molecule has 1 aromatic carbocycles. The molecule has 2 aromatic rings. The molecule has 0 spiro atoms. The van der Waals surface area contributed by atoms with E-state index in [1.165, 1.54) is 6.26 Å². The molecular formula is C19H24N2O3S3. The zero-order chi connectivity index (χ0) is 19.4. The van der Waals surface area contributed by atoms with Crippen LogP contribution in [0.5, 0.6) is 0 Å². The predicted molar refractivity (Wildman–Crippen MR) is 111 cm³/mol. The van der Waals surface area contributed by atoms with E-state index in [0.29, 0.717) is 11.4 Å². The van der Waals surface area contributed by atoms with Crippen molar-refractivity contribution in [1.29, 1.82) is 0 Å². The number of sulfone groups is 1. The van der Waals surface area contributed by atoms with Crippen LogP contribution >= 0.6 is 23.1 Å². The lowest BCUT2D eigenvalue weighted by Gasteiger charge is -2.21. The zero-order valence-electron chi connectivity index (χ0n) is 15.6. The maximum atomic E-state index is 12.7. The Morgan fingerprint density at radius 2 is 1.81 bits per heavy atom. The second-order valence-corrected chi connectivity index (χ2v) is 10.9. The molecule has 1 fully saturated rings. The Hall–Kier alpha value is -1.35. The minimum atomic E-state index is -3.16. The lowest BCUT2D eigenvalue weighted by molar-refractivity contribution is 0.0766.